The lowest BCUT2D eigenvalue weighted by atomic mass is 9.97. The summed E-state index contributed by atoms with van der Waals surface area (Å²) in [7, 11) is 0. The van der Waals surface area contributed by atoms with Crippen molar-refractivity contribution in [3.8, 4) is 22.9 Å². The summed E-state index contributed by atoms with van der Waals surface area (Å²) in [5.41, 5.74) is 2.36. The second-order valence-electron chi connectivity index (χ2n) is 9.88. The number of hydrogen-bond acceptors (Lipinski definition) is 6. The van der Waals surface area contributed by atoms with Crippen molar-refractivity contribution in [2.75, 3.05) is 18.1 Å². The number of alkyl halides is 3. The SMILES string of the molecule is CCc1nc2c(O)cccc2n1-c1cccc2c1OC[C@H]2N(C(=O)C(F)(F)F)c1ccc2c(c1)OC[C@H]2CC(=O)O. The third kappa shape index (κ3) is 4.39. The van der Waals surface area contributed by atoms with Crippen LogP contribution in [0.3, 0.4) is 0 Å². The average molecular weight is 568 g/mol. The highest BCUT2D eigenvalue weighted by Gasteiger charge is 2.48. The number of carboxylic acid groups (broad SMARTS) is 1. The predicted molar refractivity (Wildman–Crippen MR) is 141 cm³/mol. The van der Waals surface area contributed by atoms with Gasteiger partial charge in [-0.1, -0.05) is 31.2 Å². The number of anilines is 1. The van der Waals surface area contributed by atoms with Crippen LogP contribution in [0.5, 0.6) is 17.2 Å². The number of rotatable bonds is 6. The minimum absolute atomic E-state index is 0.00584. The standard InChI is InChI=1S/C29H24F3N3O6/c1-2-24-33-26-19(6-4-8-22(26)36)35(24)20-7-3-5-18-21(14-41-27(18)20)34(28(39)29(30,31)32)16-9-10-17-15(11-25(37)38)13-40-23(17)12-16/h3-10,12,15,21,36H,2,11,13-14H2,1H3,(H,37,38)/t15-,21-/m1/s1. The number of aromatic hydroxyl groups is 1. The van der Waals surface area contributed by atoms with E-state index in [9.17, 15) is 33.0 Å². The number of carbonyl (C=O) groups excluding carboxylic acids is 1. The van der Waals surface area contributed by atoms with Crippen LogP contribution in [0.1, 0.15) is 42.3 Å². The molecule has 0 bridgehead atoms. The number of benzene rings is 3. The Morgan fingerprint density at radius 2 is 1.85 bits per heavy atom. The molecular weight excluding hydrogens is 543 g/mol. The Labute approximate surface area is 231 Å². The molecule has 0 aliphatic carbocycles. The molecule has 9 nitrogen and oxygen atoms in total. The van der Waals surface area contributed by atoms with Gasteiger partial charge in [0, 0.05) is 35.2 Å². The highest BCUT2D eigenvalue weighted by Crippen LogP contribution is 2.46. The molecule has 1 amide bonds. The molecular formula is C29H24F3N3O6. The van der Waals surface area contributed by atoms with Crippen LogP contribution in [0.25, 0.3) is 16.7 Å². The number of halogens is 3. The minimum Gasteiger partial charge on any atom is -0.506 e. The lowest BCUT2D eigenvalue weighted by molar-refractivity contribution is -0.171. The average Bonchev–Trinajstić information content (AvgIpc) is 3.64. The number of phenols is 1. The number of phenolic OH excluding ortho intramolecular Hbond substituents is 1. The van der Waals surface area contributed by atoms with E-state index in [1.54, 1.807) is 34.9 Å². The van der Waals surface area contributed by atoms with Crippen molar-refractivity contribution in [1.29, 1.82) is 0 Å². The van der Waals surface area contributed by atoms with Crippen LogP contribution in [0.4, 0.5) is 18.9 Å². The molecule has 4 aromatic rings. The normalized spacial score (nSPS) is 17.6. The number of nitrogens with zero attached hydrogens (tertiary/aromatic N) is 3. The second-order valence-corrected chi connectivity index (χ2v) is 9.88. The molecule has 2 atom stereocenters. The molecule has 2 aliphatic heterocycles. The molecule has 12 heteroatoms. The number of aromatic nitrogens is 2. The lowest BCUT2D eigenvalue weighted by Gasteiger charge is -2.29. The summed E-state index contributed by atoms with van der Waals surface area (Å²) < 4.78 is 55.2. The maximum absolute atomic E-state index is 13.9. The molecule has 3 heterocycles. The molecule has 3 aromatic carbocycles. The van der Waals surface area contributed by atoms with E-state index in [-0.39, 0.29) is 36.8 Å². The molecule has 2 aliphatic rings. The van der Waals surface area contributed by atoms with Crippen molar-refractivity contribution in [2.45, 2.75) is 37.9 Å². The van der Waals surface area contributed by atoms with Crippen molar-refractivity contribution in [3.05, 3.63) is 71.5 Å². The Morgan fingerprint density at radius 3 is 2.59 bits per heavy atom. The van der Waals surface area contributed by atoms with E-state index in [0.717, 1.165) is 0 Å². The van der Waals surface area contributed by atoms with Gasteiger partial charge in [-0.2, -0.15) is 13.2 Å². The van der Waals surface area contributed by atoms with Gasteiger partial charge in [-0.3, -0.25) is 19.1 Å². The molecule has 0 spiro atoms. The number of fused-ring (bicyclic) bond motifs is 3. The van der Waals surface area contributed by atoms with Crippen LogP contribution in [-0.2, 0) is 16.0 Å². The molecule has 6 rings (SSSR count). The van der Waals surface area contributed by atoms with Gasteiger partial charge in [0.25, 0.3) is 0 Å². The van der Waals surface area contributed by atoms with E-state index in [4.69, 9.17) is 9.47 Å². The maximum atomic E-state index is 13.9. The van der Waals surface area contributed by atoms with Crippen LogP contribution < -0.4 is 14.4 Å². The first-order valence-corrected chi connectivity index (χ1v) is 12.9. The summed E-state index contributed by atoms with van der Waals surface area (Å²) in [6.07, 6.45) is -4.87. The molecule has 0 fully saturated rings. The Hall–Kier alpha value is -4.74. The fourth-order valence-corrected chi connectivity index (χ4v) is 5.61. The molecule has 0 unspecified atom stereocenters. The van der Waals surface area contributed by atoms with E-state index >= 15 is 0 Å². The van der Waals surface area contributed by atoms with Crippen molar-refractivity contribution in [1.82, 2.24) is 9.55 Å². The van der Waals surface area contributed by atoms with Gasteiger partial charge in [0.15, 0.2) is 0 Å². The predicted octanol–water partition coefficient (Wildman–Crippen LogP) is 5.27. The van der Waals surface area contributed by atoms with Crippen LogP contribution in [0.2, 0.25) is 0 Å². The van der Waals surface area contributed by atoms with Crippen LogP contribution >= 0.6 is 0 Å². The van der Waals surface area contributed by atoms with Gasteiger partial charge in [0.1, 0.15) is 35.2 Å². The molecule has 212 valence electrons. The van der Waals surface area contributed by atoms with Gasteiger partial charge in [-0.05, 0) is 24.3 Å². The molecule has 41 heavy (non-hydrogen) atoms. The molecule has 0 saturated heterocycles. The zero-order valence-corrected chi connectivity index (χ0v) is 21.7. The fourth-order valence-electron chi connectivity index (χ4n) is 5.61. The summed E-state index contributed by atoms with van der Waals surface area (Å²) in [4.78, 5) is 29.3. The van der Waals surface area contributed by atoms with Gasteiger partial charge < -0.3 is 19.7 Å². The molecule has 1 aromatic heterocycles. The van der Waals surface area contributed by atoms with Gasteiger partial charge in [0.2, 0.25) is 0 Å². The number of hydrogen-bond donors (Lipinski definition) is 2. The quantitative estimate of drug-likeness (QED) is 0.326. The number of aryl methyl sites for hydroxylation is 1. The summed E-state index contributed by atoms with van der Waals surface area (Å²) in [6.45, 7) is 1.72. The smallest absolute Gasteiger partial charge is 0.471 e. The van der Waals surface area contributed by atoms with Crippen molar-refractivity contribution >= 4 is 28.6 Å². The summed E-state index contributed by atoms with van der Waals surface area (Å²) in [5, 5.41) is 19.5. The second kappa shape index (κ2) is 9.72. The first-order chi connectivity index (χ1) is 19.6. The number of para-hydroxylation sites is 2. The van der Waals surface area contributed by atoms with E-state index in [2.05, 4.69) is 4.98 Å². The molecule has 0 saturated carbocycles. The van der Waals surface area contributed by atoms with Crippen molar-refractivity contribution in [2.24, 2.45) is 0 Å². The first-order valence-electron chi connectivity index (χ1n) is 12.9. The van der Waals surface area contributed by atoms with E-state index in [0.29, 0.717) is 50.7 Å². The van der Waals surface area contributed by atoms with Crippen LogP contribution in [0.15, 0.2) is 54.6 Å². The van der Waals surface area contributed by atoms with E-state index in [1.165, 1.54) is 24.3 Å². The number of amides is 1. The summed E-state index contributed by atoms with van der Waals surface area (Å²) in [6, 6.07) is 13.1. The summed E-state index contributed by atoms with van der Waals surface area (Å²) in [5.74, 6) is -2.40. The molecule has 2 N–H and O–H groups in total. The first kappa shape index (κ1) is 26.5. The van der Waals surface area contributed by atoms with Gasteiger partial charge >= 0.3 is 18.1 Å². The Bertz CT molecular complexity index is 1700. The highest BCUT2D eigenvalue weighted by atomic mass is 19.4. The number of carboxylic acids is 1. The zero-order valence-electron chi connectivity index (χ0n) is 21.7. The summed E-state index contributed by atoms with van der Waals surface area (Å²) >= 11 is 0. The number of aliphatic carboxylic acids is 1. The van der Waals surface area contributed by atoms with Crippen molar-refractivity contribution in [3.63, 3.8) is 0 Å². The number of carbonyl (C=O) groups is 2. The van der Waals surface area contributed by atoms with Gasteiger partial charge in [0.05, 0.1) is 30.3 Å². The monoisotopic (exact) mass is 567 g/mol. The topological polar surface area (TPSA) is 114 Å². The van der Waals surface area contributed by atoms with Crippen LogP contribution in [0, 0.1) is 0 Å². The van der Waals surface area contributed by atoms with E-state index < -0.39 is 30.0 Å². The zero-order chi connectivity index (χ0) is 29.1. The maximum Gasteiger partial charge on any atom is 0.471 e. The van der Waals surface area contributed by atoms with Crippen molar-refractivity contribution < 1.29 is 42.4 Å². The number of ether oxygens (including phenoxy) is 2. The van der Waals surface area contributed by atoms with Gasteiger partial charge in [-0.15, -0.1) is 0 Å². The Morgan fingerprint density at radius 1 is 1.07 bits per heavy atom. The fraction of sp³-hybridized carbons (Fsp3) is 0.276. The van der Waals surface area contributed by atoms with E-state index in [1.807, 2.05) is 6.92 Å². The largest absolute Gasteiger partial charge is 0.506 e. The Balaban J connectivity index is 1.46. The molecule has 0 radical (unpaired) electrons. The number of imidazole rings is 1. The lowest BCUT2D eigenvalue weighted by Crippen LogP contribution is -2.44. The van der Waals surface area contributed by atoms with Gasteiger partial charge in [-0.25, -0.2) is 4.98 Å². The third-order valence-corrected chi connectivity index (χ3v) is 7.41. The highest BCUT2D eigenvalue weighted by molar-refractivity contribution is 5.98. The third-order valence-electron chi connectivity index (χ3n) is 7.41. The minimum atomic E-state index is -5.18. The Kier molecular flexibility index (Phi) is 6.28. The van der Waals surface area contributed by atoms with Crippen LogP contribution in [-0.4, -0.2) is 51.0 Å².